The summed E-state index contributed by atoms with van der Waals surface area (Å²) in [4.78, 5) is 0. The van der Waals surface area contributed by atoms with Crippen molar-refractivity contribution in [1.29, 1.82) is 5.26 Å². The number of rotatable bonds is 2. The second-order valence-electron chi connectivity index (χ2n) is 4.33. The highest BCUT2D eigenvalue weighted by Crippen LogP contribution is 2.22. The molecule has 0 amide bonds. The van der Waals surface area contributed by atoms with Gasteiger partial charge in [0.15, 0.2) is 10.6 Å². The van der Waals surface area contributed by atoms with Crippen LogP contribution in [0.2, 0.25) is 0 Å². The summed E-state index contributed by atoms with van der Waals surface area (Å²) in [6.45, 7) is 0. The van der Waals surface area contributed by atoms with Gasteiger partial charge < -0.3 is 0 Å². The van der Waals surface area contributed by atoms with Crippen molar-refractivity contribution >= 4 is 12.2 Å². The highest BCUT2D eigenvalue weighted by atomic mass is 32.1. The average molecular weight is 296 g/mol. The van der Waals surface area contributed by atoms with E-state index >= 15 is 0 Å². The maximum atomic E-state index is 13.5. The predicted molar refractivity (Wildman–Crippen MR) is 78.9 cm³/mol. The van der Waals surface area contributed by atoms with Crippen LogP contribution in [-0.2, 0) is 0 Å². The molecule has 0 atom stereocenters. The molecular weight excluding hydrogens is 287 g/mol. The molecule has 0 unspecified atom stereocenters. The number of hydrogen-bond donors (Lipinski definition) is 1. The molecule has 21 heavy (non-hydrogen) atoms. The summed E-state index contributed by atoms with van der Waals surface area (Å²) >= 11 is 5.24. The molecule has 0 radical (unpaired) electrons. The number of benzene rings is 2. The SMILES string of the molecule is N#Cc1cc(-n2c(-c3ccccc3)n[nH]c2=S)ccc1F. The smallest absolute Gasteiger partial charge is 0.200 e. The van der Waals surface area contributed by atoms with Crippen molar-refractivity contribution in [3.63, 3.8) is 0 Å². The molecule has 2 aromatic carbocycles. The van der Waals surface area contributed by atoms with Gasteiger partial charge in [-0.15, -0.1) is 0 Å². The van der Waals surface area contributed by atoms with Crippen molar-refractivity contribution in [3.8, 4) is 23.1 Å². The van der Waals surface area contributed by atoms with Crippen LogP contribution < -0.4 is 0 Å². The largest absolute Gasteiger partial charge is 0.268 e. The van der Waals surface area contributed by atoms with Gasteiger partial charge in [-0.1, -0.05) is 30.3 Å². The van der Waals surface area contributed by atoms with Crippen LogP contribution >= 0.6 is 12.2 Å². The maximum absolute atomic E-state index is 13.5. The lowest BCUT2D eigenvalue weighted by Crippen LogP contribution is -1.99. The quantitative estimate of drug-likeness (QED) is 0.735. The first kappa shape index (κ1) is 13.2. The minimum atomic E-state index is -0.558. The van der Waals surface area contributed by atoms with E-state index < -0.39 is 5.82 Å². The lowest BCUT2D eigenvalue weighted by atomic mass is 10.2. The molecule has 0 aliphatic heterocycles. The number of nitrogens with one attached hydrogen (secondary N) is 1. The van der Waals surface area contributed by atoms with E-state index in [0.29, 0.717) is 16.3 Å². The Kier molecular flexibility index (Phi) is 3.34. The molecule has 1 N–H and O–H groups in total. The van der Waals surface area contributed by atoms with Crippen LogP contribution in [0.4, 0.5) is 4.39 Å². The molecule has 4 nitrogen and oxygen atoms in total. The molecule has 102 valence electrons. The third kappa shape index (κ3) is 2.35. The fourth-order valence-corrected chi connectivity index (χ4v) is 2.29. The van der Waals surface area contributed by atoms with Crippen LogP contribution in [-0.4, -0.2) is 14.8 Å². The van der Waals surface area contributed by atoms with Gasteiger partial charge in [0.05, 0.1) is 11.3 Å². The van der Waals surface area contributed by atoms with Crippen molar-refractivity contribution < 1.29 is 4.39 Å². The van der Waals surface area contributed by atoms with Gasteiger partial charge in [0.2, 0.25) is 0 Å². The molecule has 0 spiro atoms. The minimum absolute atomic E-state index is 0.0328. The van der Waals surface area contributed by atoms with Crippen LogP contribution in [0.1, 0.15) is 5.56 Å². The summed E-state index contributed by atoms with van der Waals surface area (Å²) < 4.78 is 15.5. The second kappa shape index (κ2) is 5.31. The fourth-order valence-electron chi connectivity index (χ4n) is 2.06. The van der Waals surface area contributed by atoms with E-state index in [-0.39, 0.29) is 5.56 Å². The molecule has 1 heterocycles. The molecule has 6 heteroatoms. The van der Waals surface area contributed by atoms with E-state index in [9.17, 15) is 4.39 Å². The van der Waals surface area contributed by atoms with E-state index in [2.05, 4.69) is 10.2 Å². The first-order chi connectivity index (χ1) is 10.2. The Balaban J connectivity index is 2.23. The molecule has 0 fully saturated rings. The van der Waals surface area contributed by atoms with E-state index in [1.165, 1.54) is 12.1 Å². The van der Waals surface area contributed by atoms with Gasteiger partial charge in [-0.05, 0) is 30.4 Å². The highest BCUT2D eigenvalue weighted by Gasteiger charge is 2.12. The lowest BCUT2D eigenvalue weighted by Gasteiger charge is -2.07. The molecule has 0 aliphatic carbocycles. The van der Waals surface area contributed by atoms with E-state index in [0.717, 1.165) is 5.56 Å². The number of nitriles is 1. The van der Waals surface area contributed by atoms with Crippen LogP contribution in [0.15, 0.2) is 48.5 Å². The van der Waals surface area contributed by atoms with E-state index in [1.54, 1.807) is 10.6 Å². The molecule has 0 aliphatic rings. The Hall–Kier alpha value is -2.78. The Morgan fingerprint density at radius 3 is 2.67 bits per heavy atom. The summed E-state index contributed by atoms with van der Waals surface area (Å²) in [6.07, 6.45) is 0. The Labute approximate surface area is 125 Å². The summed E-state index contributed by atoms with van der Waals surface area (Å²) in [5, 5.41) is 15.9. The second-order valence-corrected chi connectivity index (χ2v) is 4.72. The molecule has 0 saturated heterocycles. The summed E-state index contributed by atoms with van der Waals surface area (Å²) in [7, 11) is 0. The minimum Gasteiger partial charge on any atom is -0.268 e. The van der Waals surface area contributed by atoms with Crippen molar-refractivity contribution in [3.05, 3.63) is 64.7 Å². The first-order valence-corrected chi connectivity index (χ1v) is 6.54. The number of hydrogen-bond acceptors (Lipinski definition) is 3. The molecule has 3 rings (SSSR count). The van der Waals surface area contributed by atoms with Crippen LogP contribution in [0, 0.1) is 21.9 Å². The van der Waals surface area contributed by atoms with Gasteiger partial charge in [-0.3, -0.25) is 9.67 Å². The third-order valence-electron chi connectivity index (χ3n) is 3.03. The number of aromatic amines is 1. The summed E-state index contributed by atoms with van der Waals surface area (Å²) in [5.74, 6) is 0.0497. The maximum Gasteiger partial charge on any atom is 0.200 e. The number of aromatic nitrogens is 3. The van der Waals surface area contributed by atoms with Crippen molar-refractivity contribution in [2.45, 2.75) is 0 Å². The van der Waals surface area contributed by atoms with Gasteiger partial charge in [0.25, 0.3) is 0 Å². The predicted octanol–water partition coefficient (Wildman–Crippen LogP) is 3.61. The summed E-state index contributed by atoms with van der Waals surface area (Å²) in [6, 6.07) is 15.6. The molecule has 1 aromatic heterocycles. The normalized spacial score (nSPS) is 10.3. The van der Waals surface area contributed by atoms with Crippen molar-refractivity contribution in [1.82, 2.24) is 14.8 Å². The summed E-state index contributed by atoms with van der Waals surface area (Å²) in [5.41, 5.74) is 1.42. The molecule has 0 saturated carbocycles. The Morgan fingerprint density at radius 2 is 1.95 bits per heavy atom. The lowest BCUT2D eigenvalue weighted by molar-refractivity contribution is 0.623. The van der Waals surface area contributed by atoms with Gasteiger partial charge in [-0.2, -0.15) is 10.4 Å². The number of nitrogens with zero attached hydrogens (tertiary/aromatic N) is 3. The van der Waals surface area contributed by atoms with Crippen LogP contribution in [0.3, 0.4) is 0 Å². The fraction of sp³-hybridized carbons (Fsp3) is 0. The zero-order valence-electron chi connectivity index (χ0n) is 10.7. The van der Waals surface area contributed by atoms with Crippen molar-refractivity contribution in [2.75, 3.05) is 0 Å². The molecule has 0 bridgehead atoms. The van der Waals surface area contributed by atoms with E-state index in [4.69, 9.17) is 17.5 Å². The van der Waals surface area contributed by atoms with Gasteiger partial charge in [0.1, 0.15) is 11.9 Å². The zero-order chi connectivity index (χ0) is 14.8. The van der Waals surface area contributed by atoms with Crippen LogP contribution in [0.5, 0.6) is 0 Å². The third-order valence-corrected chi connectivity index (χ3v) is 3.31. The number of H-pyrrole nitrogens is 1. The van der Waals surface area contributed by atoms with Gasteiger partial charge >= 0.3 is 0 Å². The van der Waals surface area contributed by atoms with Crippen molar-refractivity contribution in [2.24, 2.45) is 0 Å². The topological polar surface area (TPSA) is 57.4 Å². The standard InChI is InChI=1S/C15H9FN4S/c16-13-7-6-12(8-11(13)9-17)20-14(18-19-15(20)21)10-4-2-1-3-5-10/h1-8H,(H,19,21). The highest BCUT2D eigenvalue weighted by molar-refractivity contribution is 7.71. The monoisotopic (exact) mass is 296 g/mol. The van der Waals surface area contributed by atoms with Crippen LogP contribution in [0.25, 0.3) is 17.1 Å². The number of halogens is 1. The van der Waals surface area contributed by atoms with Gasteiger partial charge in [0, 0.05) is 5.56 Å². The Morgan fingerprint density at radius 1 is 1.19 bits per heavy atom. The Bertz CT molecular complexity index is 890. The van der Waals surface area contributed by atoms with Gasteiger partial charge in [-0.25, -0.2) is 4.39 Å². The first-order valence-electron chi connectivity index (χ1n) is 6.13. The molecular formula is C15H9FN4S. The average Bonchev–Trinajstić information content (AvgIpc) is 2.90. The zero-order valence-corrected chi connectivity index (χ0v) is 11.6. The molecule has 3 aromatic rings. The van der Waals surface area contributed by atoms with E-state index in [1.807, 2.05) is 36.4 Å².